The van der Waals surface area contributed by atoms with Gasteiger partial charge >= 0.3 is 0 Å². The van der Waals surface area contributed by atoms with Gasteiger partial charge in [-0.1, -0.05) is 84.9 Å². The number of nitrogens with zero attached hydrogens (tertiary/aromatic N) is 2. The van der Waals surface area contributed by atoms with Crippen molar-refractivity contribution in [2.75, 3.05) is 0 Å². The minimum Gasteiger partial charge on any atom is -0.367 e. The van der Waals surface area contributed by atoms with Gasteiger partial charge in [0.05, 0.1) is 12.4 Å². The first-order valence-corrected chi connectivity index (χ1v) is 9.75. The number of benzene rings is 3. The van der Waals surface area contributed by atoms with Crippen LogP contribution in [0, 0.1) is 0 Å². The van der Waals surface area contributed by atoms with Crippen molar-refractivity contribution in [3.8, 4) is 22.3 Å². The van der Waals surface area contributed by atoms with Crippen molar-refractivity contribution in [1.82, 2.24) is 14.5 Å². The summed E-state index contributed by atoms with van der Waals surface area (Å²) in [6.45, 7) is 0. The van der Waals surface area contributed by atoms with Crippen molar-refractivity contribution in [3.05, 3.63) is 127 Å². The van der Waals surface area contributed by atoms with Crippen molar-refractivity contribution >= 4 is 0 Å². The Bertz CT molecular complexity index is 1170. The van der Waals surface area contributed by atoms with E-state index in [2.05, 4.69) is 99.7 Å². The molecule has 140 valence electrons. The molecule has 5 aromatic rings. The molecule has 2 aromatic heterocycles. The van der Waals surface area contributed by atoms with Crippen LogP contribution in [0.15, 0.2) is 116 Å². The van der Waals surface area contributed by atoms with E-state index < -0.39 is 0 Å². The lowest BCUT2D eigenvalue weighted by Gasteiger charge is -2.20. The smallest absolute Gasteiger partial charge is 0.0954 e. The molecule has 0 saturated heterocycles. The van der Waals surface area contributed by atoms with Gasteiger partial charge in [0.1, 0.15) is 0 Å². The van der Waals surface area contributed by atoms with Gasteiger partial charge in [-0.15, -0.1) is 0 Å². The van der Waals surface area contributed by atoms with Crippen LogP contribution < -0.4 is 0 Å². The molecule has 1 unspecified atom stereocenters. The summed E-state index contributed by atoms with van der Waals surface area (Å²) in [7, 11) is 0. The third kappa shape index (κ3) is 3.39. The zero-order valence-corrected chi connectivity index (χ0v) is 15.9. The van der Waals surface area contributed by atoms with E-state index in [-0.39, 0.29) is 6.04 Å². The Morgan fingerprint density at radius 2 is 1.34 bits per heavy atom. The molecular weight excluding hydrogens is 354 g/mol. The maximum Gasteiger partial charge on any atom is 0.0954 e. The van der Waals surface area contributed by atoms with E-state index in [4.69, 9.17) is 0 Å². The quantitative estimate of drug-likeness (QED) is 0.391. The van der Waals surface area contributed by atoms with Crippen LogP contribution in [0.4, 0.5) is 0 Å². The molecule has 0 aliphatic heterocycles. The van der Waals surface area contributed by atoms with Gasteiger partial charge in [0, 0.05) is 35.9 Å². The SMILES string of the molecule is c1ccc(-c2ccc(C(c3c[nH]cc3-c3ccccc3)n3ccnc3)cc2)cc1. The lowest BCUT2D eigenvalue weighted by Crippen LogP contribution is -2.11. The van der Waals surface area contributed by atoms with E-state index in [0.717, 1.165) is 0 Å². The normalized spacial score (nSPS) is 12.0. The Morgan fingerprint density at radius 1 is 0.690 bits per heavy atom. The lowest BCUT2D eigenvalue weighted by molar-refractivity contribution is 0.679. The number of hydrogen-bond acceptors (Lipinski definition) is 1. The summed E-state index contributed by atoms with van der Waals surface area (Å²) < 4.78 is 2.16. The largest absolute Gasteiger partial charge is 0.367 e. The lowest BCUT2D eigenvalue weighted by atomic mass is 9.93. The van der Waals surface area contributed by atoms with Gasteiger partial charge in [0.25, 0.3) is 0 Å². The molecule has 0 aliphatic rings. The van der Waals surface area contributed by atoms with Gasteiger partial charge in [-0.05, 0) is 22.3 Å². The van der Waals surface area contributed by atoms with Crippen molar-refractivity contribution in [1.29, 1.82) is 0 Å². The van der Waals surface area contributed by atoms with Crippen molar-refractivity contribution in [2.24, 2.45) is 0 Å². The summed E-state index contributed by atoms with van der Waals surface area (Å²) in [5, 5.41) is 0. The summed E-state index contributed by atoms with van der Waals surface area (Å²) in [5.74, 6) is 0. The Morgan fingerprint density at radius 3 is 2.00 bits per heavy atom. The zero-order chi connectivity index (χ0) is 19.5. The molecule has 3 nitrogen and oxygen atoms in total. The van der Waals surface area contributed by atoms with Crippen LogP contribution >= 0.6 is 0 Å². The van der Waals surface area contributed by atoms with Gasteiger partial charge in [-0.2, -0.15) is 0 Å². The van der Waals surface area contributed by atoms with E-state index >= 15 is 0 Å². The van der Waals surface area contributed by atoms with Gasteiger partial charge in [-0.3, -0.25) is 0 Å². The molecule has 1 atom stereocenters. The molecule has 5 rings (SSSR count). The molecule has 0 saturated carbocycles. The monoisotopic (exact) mass is 375 g/mol. The minimum absolute atomic E-state index is 0.0452. The first-order chi connectivity index (χ1) is 14.4. The van der Waals surface area contributed by atoms with Crippen molar-refractivity contribution < 1.29 is 0 Å². The fourth-order valence-corrected chi connectivity index (χ4v) is 3.89. The van der Waals surface area contributed by atoms with Crippen LogP contribution in [0.2, 0.25) is 0 Å². The highest BCUT2D eigenvalue weighted by molar-refractivity contribution is 5.69. The number of rotatable bonds is 5. The first-order valence-electron chi connectivity index (χ1n) is 9.75. The molecule has 0 aliphatic carbocycles. The second-order valence-corrected chi connectivity index (χ2v) is 7.09. The van der Waals surface area contributed by atoms with Crippen LogP contribution in [0.3, 0.4) is 0 Å². The highest BCUT2D eigenvalue weighted by Gasteiger charge is 2.21. The molecule has 29 heavy (non-hydrogen) atoms. The topological polar surface area (TPSA) is 33.6 Å². The molecule has 0 fully saturated rings. The van der Waals surface area contributed by atoms with Crippen LogP contribution in [-0.4, -0.2) is 14.5 Å². The number of H-pyrrole nitrogens is 1. The molecule has 0 radical (unpaired) electrons. The maximum absolute atomic E-state index is 4.30. The Hall–Kier alpha value is -3.85. The number of imidazole rings is 1. The molecule has 3 heteroatoms. The molecule has 0 amide bonds. The number of hydrogen-bond donors (Lipinski definition) is 1. The number of aromatic amines is 1. The summed E-state index contributed by atoms with van der Waals surface area (Å²) in [6.07, 6.45) is 9.92. The standard InChI is InChI=1S/C26H21N3/c1-3-7-20(8-4-1)21-11-13-23(14-12-21)26(29-16-15-27-19-29)25-18-28-17-24(25)22-9-5-2-6-10-22/h1-19,26,28H. The van der Waals surface area contributed by atoms with Gasteiger partial charge in [0.15, 0.2) is 0 Å². The van der Waals surface area contributed by atoms with Crippen LogP contribution in [-0.2, 0) is 0 Å². The number of nitrogens with one attached hydrogen (secondary N) is 1. The maximum atomic E-state index is 4.30. The van der Waals surface area contributed by atoms with E-state index in [1.165, 1.54) is 33.4 Å². The van der Waals surface area contributed by atoms with E-state index in [1.807, 2.05) is 30.9 Å². The Balaban J connectivity index is 1.59. The average molecular weight is 375 g/mol. The van der Waals surface area contributed by atoms with Gasteiger partial charge in [0.2, 0.25) is 0 Å². The summed E-state index contributed by atoms with van der Waals surface area (Å²) >= 11 is 0. The molecule has 2 heterocycles. The summed E-state index contributed by atoms with van der Waals surface area (Å²) in [5.41, 5.74) is 7.30. The van der Waals surface area contributed by atoms with Gasteiger partial charge in [-0.25, -0.2) is 4.98 Å². The molecule has 1 N–H and O–H groups in total. The third-order valence-corrected chi connectivity index (χ3v) is 5.31. The van der Waals surface area contributed by atoms with Crippen molar-refractivity contribution in [3.63, 3.8) is 0 Å². The third-order valence-electron chi connectivity index (χ3n) is 5.31. The fourth-order valence-electron chi connectivity index (χ4n) is 3.89. The van der Waals surface area contributed by atoms with E-state index in [9.17, 15) is 0 Å². The highest BCUT2D eigenvalue weighted by atomic mass is 15.1. The summed E-state index contributed by atoms with van der Waals surface area (Å²) in [6, 6.07) is 29.8. The highest BCUT2D eigenvalue weighted by Crippen LogP contribution is 2.35. The fraction of sp³-hybridized carbons (Fsp3) is 0.0385. The summed E-state index contributed by atoms with van der Waals surface area (Å²) in [4.78, 5) is 7.61. The second kappa shape index (κ2) is 7.64. The molecule has 3 aromatic carbocycles. The van der Waals surface area contributed by atoms with Gasteiger partial charge < -0.3 is 9.55 Å². The minimum atomic E-state index is 0.0452. The van der Waals surface area contributed by atoms with Crippen molar-refractivity contribution in [2.45, 2.75) is 6.04 Å². The second-order valence-electron chi connectivity index (χ2n) is 7.09. The van der Waals surface area contributed by atoms with Crippen LogP contribution in [0.1, 0.15) is 17.2 Å². The van der Waals surface area contributed by atoms with E-state index in [0.29, 0.717) is 0 Å². The molecular formula is C26H21N3. The Labute approximate surface area is 170 Å². The molecule has 0 spiro atoms. The zero-order valence-electron chi connectivity index (χ0n) is 15.9. The molecule has 0 bridgehead atoms. The predicted molar refractivity (Wildman–Crippen MR) is 118 cm³/mol. The average Bonchev–Trinajstić information content (AvgIpc) is 3.49. The predicted octanol–water partition coefficient (Wildman–Crippen LogP) is 6.18. The number of aromatic nitrogens is 3. The Kier molecular flexibility index (Phi) is 4.55. The van der Waals surface area contributed by atoms with E-state index in [1.54, 1.807) is 0 Å². The van der Waals surface area contributed by atoms with Crippen LogP contribution in [0.25, 0.3) is 22.3 Å². The van der Waals surface area contributed by atoms with Crippen LogP contribution in [0.5, 0.6) is 0 Å². The first kappa shape index (κ1) is 17.3.